The molecule has 2 rings (SSSR count). The minimum absolute atomic E-state index is 0.220. The highest BCUT2D eigenvalue weighted by molar-refractivity contribution is 5.23. The van der Waals surface area contributed by atoms with E-state index in [-0.39, 0.29) is 17.5 Å². The number of hydrogen-bond acceptors (Lipinski definition) is 5. The molecule has 0 aromatic carbocycles. The number of ether oxygens (including phenoxy) is 1. The van der Waals surface area contributed by atoms with Crippen molar-refractivity contribution in [2.24, 2.45) is 0 Å². The highest BCUT2D eigenvalue weighted by Crippen LogP contribution is 2.17. The first-order valence-electron chi connectivity index (χ1n) is 6.91. The standard InChI is InChI=1S/C13H21N3O4/c1-3-10-11(17)14-13(19)16(12(10)18)9(2)8-15-4-6-20-7-5-15/h9,18H,3-8H2,1-2H3,(H,14,17,19). The van der Waals surface area contributed by atoms with Gasteiger partial charge in [-0.15, -0.1) is 0 Å². The molecule has 1 aliphatic heterocycles. The van der Waals surface area contributed by atoms with E-state index in [1.807, 2.05) is 6.92 Å². The third-order valence-corrected chi connectivity index (χ3v) is 3.63. The quantitative estimate of drug-likeness (QED) is 0.792. The van der Waals surface area contributed by atoms with Crippen LogP contribution in [0.3, 0.4) is 0 Å². The van der Waals surface area contributed by atoms with Crippen LogP contribution in [0, 0.1) is 0 Å². The van der Waals surface area contributed by atoms with Crippen LogP contribution in [-0.4, -0.2) is 52.4 Å². The summed E-state index contributed by atoms with van der Waals surface area (Å²) in [6.07, 6.45) is 0.381. The molecular formula is C13H21N3O4. The van der Waals surface area contributed by atoms with Crippen LogP contribution >= 0.6 is 0 Å². The SMILES string of the molecule is CCc1c(O)n(C(C)CN2CCOCC2)c(=O)[nH]c1=O. The first-order chi connectivity index (χ1) is 9.54. The summed E-state index contributed by atoms with van der Waals surface area (Å²) in [5.74, 6) is -0.220. The minimum atomic E-state index is -0.564. The van der Waals surface area contributed by atoms with E-state index in [2.05, 4.69) is 9.88 Å². The second kappa shape index (κ2) is 6.23. The molecule has 1 unspecified atom stereocenters. The van der Waals surface area contributed by atoms with Gasteiger partial charge in [0.1, 0.15) is 0 Å². The van der Waals surface area contributed by atoms with Crippen molar-refractivity contribution in [3.8, 4) is 5.88 Å². The van der Waals surface area contributed by atoms with Gasteiger partial charge >= 0.3 is 5.69 Å². The monoisotopic (exact) mass is 283 g/mol. The van der Waals surface area contributed by atoms with Crippen molar-refractivity contribution in [3.63, 3.8) is 0 Å². The molecule has 0 bridgehead atoms. The molecule has 0 saturated carbocycles. The molecule has 1 atom stereocenters. The number of nitrogens with one attached hydrogen (secondary N) is 1. The molecule has 20 heavy (non-hydrogen) atoms. The lowest BCUT2D eigenvalue weighted by Gasteiger charge is -2.30. The molecule has 0 spiro atoms. The van der Waals surface area contributed by atoms with Gasteiger partial charge in [0.2, 0.25) is 5.88 Å². The highest BCUT2D eigenvalue weighted by atomic mass is 16.5. The number of nitrogens with zero attached hydrogens (tertiary/aromatic N) is 2. The summed E-state index contributed by atoms with van der Waals surface area (Å²) >= 11 is 0. The lowest BCUT2D eigenvalue weighted by atomic mass is 10.2. The van der Waals surface area contributed by atoms with Crippen molar-refractivity contribution in [1.29, 1.82) is 0 Å². The number of H-pyrrole nitrogens is 1. The summed E-state index contributed by atoms with van der Waals surface area (Å²) in [5, 5.41) is 10.2. The van der Waals surface area contributed by atoms with Crippen LogP contribution in [-0.2, 0) is 11.2 Å². The highest BCUT2D eigenvalue weighted by Gasteiger charge is 2.20. The van der Waals surface area contributed by atoms with Crippen molar-refractivity contribution < 1.29 is 9.84 Å². The molecule has 1 fully saturated rings. The lowest BCUT2D eigenvalue weighted by Crippen LogP contribution is -2.42. The number of rotatable bonds is 4. The Balaban J connectivity index is 2.27. The van der Waals surface area contributed by atoms with Gasteiger partial charge in [-0.05, 0) is 13.3 Å². The van der Waals surface area contributed by atoms with Gasteiger partial charge in [-0.2, -0.15) is 0 Å². The maximum Gasteiger partial charge on any atom is 0.331 e. The molecule has 1 aliphatic rings. The Morgan fingerprint density at radius 1 is 1.35 bits per heavy atom. The molecule has 2 N–H and O–H groups in total. The third-order valence-electron chi connectivity index (χ3n) is 3.63. The van der Waals surface area contributed by atoms with Crippen molar-refractivity contribution in [2.75, 3.05) is 32.8 Å². The van der Waals surface area contributed by atoms with Crippen molar-refractivity contribution in [2.45, 2.75) is 26.3 Å². The van der Waals surface area contributed by atoms with Gasteiger partial charge < -0.3 is 9.84 Å². The zero-order valence-electron chi connectivity index (χ0n) is 11.9. The predicted octanol–water partition coefficient (Wildman–Crippen LogP) is -0.302. The maximum absolute atomic E-state index is 11.9. The van der Waals surface area contributed by atoms with Crippen LogP contribution < -0.4 is 11.2 Å². The summed E-state index contributed by atoms with van der Waals surface area (Å²) in [4.78, 5) is 28.0. The summed E-state index contributed by atoms with van der Waals surface area (Å²) in [6.45, 7) is 7.23. The second-order valence-corrected chi connectivity index (χ2v) is 5.05. The molecule has 1 aromatic heterocycles. The fraction of sp³-hybridized carbons (Fsp3) is 0.692. The van der Waals surface area contributed by atoms with Crippen LogP contribution in [0.2, 0.25) is 0 Å². The van der Waals surface area contributed by atoms with Crippen LogP contribution in [0.5, 0.6) is 5.88 Å². The van der Waals surface area contributed by atoms with Gasteiger partial charge in [-0.25, -0.2) is 4.79 Å². The minimum Gasteiger partial charge on any atom is -0.494 e. The van der Waals surface area contributed by atoms with Crippen molar-refractivity contribution in [1.82, 2.24) is 14.5 Å². The summed E-state index contributed by atoms with van der Waals surface area (Å²) in [6, 6.07) is -0.220. The Morgan fingerprint density at radius 2 is 2.00 bits per heavy atom. The van der Waals surface area contributed by atoms with Crippen LogP contribution in [0.4, 0.5) is 0 Å². The van der Waals surface area contributed by atoms with E-state index in [0.717, 1.165) is 13.1 Å². The molecule has 0 radical (unpaired) electrons. The van der Waals surface area contributed by atoms with E-state index < -0.39 is 11.2 Å². The molecule has 0 amide bonds. The number of aromatic nitrogens is 2. The normalized spacial score (nSPS) is 18.1. The third kappa shape index (κ3) is 2.94. The average molecular weight is 283 g/mol. The molecule has 1 aromatic rings. The van der Waals surface area contributed by atoms with Gasteiger partial charge in [0, 0.05) is 19.6 Å². The van der Waals surface area contributed by atoms with Gasteiger partial charge in [-0.3, -0.25) is 19.2 Å². The zero-order chi connectivity index (χ0) is 14.7. The smallest absolute Gasteiger partial charge is 0.331 e. The molecule has 2 heterocycles. The second-order valence-electron chi connectivity index (χ2n) is 5.05. The average Bonchev–Trinajstić information content (AvgIpc) is 2.39. The zero-order valence-corrected chi connectivity index (χ0v) is 11.9. The topological polar surface area (TPSA) is 87.6 Å². The summed E-state index contributed by atoms with van der Waals surface area (Å²) in [7, 11) is 0. The fourth-order valence-corrected chi connectivity index (χ4v) is 2.54. The van der Waals surface area contributed by atoms with Crippen molar-refractivity contribution >= 4 is 0 Å². The number of aromatic amines is 1. The Labute approximate surface area is 116 Å². The van der Waals surface area contributed by atoms with Gasteiger partial charge in [0.25, 0.3) is 5.56 Å². The Bertz CT molecular complexity index is 572. The van der Waals surface area contributed by atoms with Gasteiger partial charge in [0.05, 0.1) is 24.8 Å². The van der Waals surface area contributed by atoms with Gasteiger partial charge in [0.15, 0.2) is 0 Å². The Kier molecular flexibility index (Phi) is 4.61. The van der Waals surface area contributed by atoms with E-state index >= 15 is 0 Å². The number of aromatic hydroxyl groups is 1. The van der Waals surface area contributed by atoms with Crippen LogP contribution in [0.1, 0.15) is 25.5 Å². The van der Waals surface area contributed by atoms with Crippen molar-refractivity contribution in [3.05, 3.63) is 26.4 Å². The largest absolute Gasteiger partial charge is 0.494 e. The van der Waals surface area contributed by atoms with E-state index in [4.69, 9.17) is 4.74 Å². The number of hydrogen-bond donors (Lipinski definition) is 2. The summed E-state index contributed by atoms with van der Waals surface area (Å²) < 4.78 is 6.54. The van der Waals surface area contributed by atoms with E-state index in [1.165, 1.54) is 4.57 Å². The molecule has 112 valence electrons. The molecule has 7 heteroatoms. The molecule has 7 nitrogen and oxygen atoms in total. The van der Waals surface area contributed by atoms with E-state index in [9.17, 15) is 14.7 Å². The van der Waals surface area contributed by atoms with Gasteiger partial charge in [-0.1, -0.05) is 6.92 Å². The van der Waals surface area contributed by atoms with Crippen LogP contribution in [0.15, 0.2) is 9.59 Å². The maximum atomic E-state index is 11.9. The number of morpholine rings is 1. The molecule has 0 aliphatic carbocycles. The van der Waals surface area contributed by atoms with Crippen LogP contribution in [0.25, 0.3) is 0 Å². The molecular weight excluding hydrogens is 262 g/mol. The fourth-order valence-electron chi connectivity index (χ4n) is 2.54. The summed E-state index contributed by atoms with van der Waals surface area (Å²) in [5.41, 5.74) is -0.825. The Morgan fingerprint density at radius 3 is 2.60 bits per heavy atom. The van der Waals surface area contributed by atoms with E-state index in [0.29, 0.717) is 26.2 Å². The lowest BCUT2D eigenvalue weighted by molar-refractivity contribution is 0.0319. The first kappa shape index (κ1) is 14.8. The predicted molar refractivity (Wildman–Crippen MR) is 74.3 cm³/mol. The van der Waals surface area contributed by atoms with E-state index in [1.54, 1.807) is 6.92 Å². The Hall–Kier alpha value is -1.60. The first-order valence-corrected chi connectivity index (χ1v) is 6.91. The molecule has 1 saturated heterocycles.